The summed E-state index contributed by atoms with van der Waals surface area (Å²) in [7, 11) is 0. The molecule has 0 spiro atoms. The van der Waals surface area contributed by atoms with Gasteiger partial charge in [-0.2, -0.15) is 14.6 Å². The lowest BCUT2D eigenvalue weighted by atomic mass is 10.1. The number of hydrogen-bond acceptors (Lipinski definition) is 7. The molecule has 1 fully saturated rings. The third kappa shape index (κ3) is 4.97. The van der Waals surface area contributed by atoms with Crippen LogP contribution >= 0.6 is 11.6 Å². The molecule has 9 nitrogen and oxygen atoms in total. The highest BCUT2D eigenvalue weighted by Crippen LogP contribution is 2.29. The summed E-state index contributed by atoms with van der Waals surface area (Å²) in [5.41, 5.74) is 2.15. The number of pyridine rings is 1. The highest BCUT2D eigenvalue weighted by Gasteiger charge is 2.28. The van der Waals surface area contributed by atoms with Crippen molar-refractivity contribution in [1.29, 1.82) is 0 Å². The Kier molecular flexibility index (Phi) is 6.75. The maximum Gasteiger partial charge on any atom is 0.270 e. The minimum Gasteiger partial charge on any atom is -0.491 e. The Hall–Kier alpha value is -4.24. The van der Waals surface area contributed by atoms with Crippen molar-refractivity contribution < 1.29 is 9.53 Å². The van der Waals surface area contributed by atoms with E-state index in [0.717, 1.165) is 41.7 Å². The summed E-state index contributed by atoms with van der Waals surface area (Å²) in [4.78, 5) is 28.4. The Balaban J connectivity index is 1.18. The number of aromatic nitrogens is 5. The summed E-state index contributed by atoms with van der Waals surface area (Å²) in [6, 6.07) is 19.2. The summed E-state index contributed by atoms with van der Waals surface area (Å²) < 4.78 is 8.15. The number of rotatable bonds is 8. The van der Waals surface area contributed by atoms with E-state index in [0.29, 0.717) is 41.8 Å². The van der Waals surface area contributed by atoms with Crippen LogP contribution in [0.15, 0.2) is 73.2 Å². The van der Waals surface area contributed by atoms with E-state index in [4.69, 9.17) is 16.3 Å². The van der Waals surface area contributed by atoms with Gasteiger partial charge in [0.1, 0.15) is 30.2 Å². The number of nitrogens with zero attached hydrogens (tertiary/aromatic N) is 6. The Labute approximate surface area is 224 Å². The fourth-order valence-corrected chi connectivity index (χ4v) is 5.01. The van der Waals surface area contributed by atoms with Gasteiger partial charge in [0.25, 0.3) is 11.7 Å². The molecular formula is C28H26ClN7O2. The zero-order valence-electron chi connectivity index (χ0n) is 20.6. The monoisotopic (exact) mass is 527 g/mol. The standard InChI is InChI=1S/C28H26ClN7O2/c29-20-9-7-19(8-10-20)11-13-30-27(37)24-16-25(22-5-1-2-6-23(22)34-24)38-17-21-4-3-15-35(21)26-12-14-31-28-32-18-33-36(26)28/h1-2,5-10,12,14,16,18,21H,3-4,11,13,15,17H2,(H,30,37). The number of ether oxygens (including phenoxy) is 1. The summed E-state index contributed by atoms with van der Waals surface area (Å²) in [5.74, 6) is 1.92. The van der Waals surface area contributed by atoms with Crippen LogP contribution in [0.2, 0.25) is 5.02 Å². The predicted molar refractivity (Wildman–Crippen MR) is 146 cm³/mol. The molecule has 10 heteroatoms. The predicted octanol–water partition coefficient (Wildman–Crippen LogP) is 4.35. The van der Waals surface area contributed by atoms with Crippen LogP contribution in [0.25, 0.3) is 16.7 Å². The first-order chi connectivity index (χ1) is 18.7. The normalized spacial score (nSPS) is 15.3. The molecule has 2 aromatic carbocycles. The van der Waals surface area contributed by atoms with Crippen LogP contribution in [0.1, 0.15) is 28.9 Å². The lowest BCUT2D eigenvalue weighted by molar-refractivity contribution is 0.0949. The molecule has 6 rings (SSSR count). The molecule has 4 heterocycles. The molecule has 0 saturated carbocycles. The van der Waals surface area contributed by atoms with E-state index in [9.17, 15) is 4.79 Å². The number of carbonyl (C=O) groups excluding carboxylic acids is 1. The molecule has 1 N–H and O–H groups in total. The van der Waals surface area contributed by atoms with E-state index < -0.39 is 0 Å². The number of carbonyl (C=O) groups is 1. The Morgan fingerprint density at radius 1 is 1.11 bits per heavy atom. The van der Waals surface area contributed by atoms with E-state index in [-0.39, 0.29) is 11.9 Å². The first-order valence-electron chi connectivity index (χ1n) is 12.6. The number of fused-ring (bicyclic) bond motifs is 2. The SMILES string of the molecule is O=C(NCCc1ccc(Cl)cc1)c1cc(OCC2CCCN2c2ccnc3ncnn23)c2ccccc2n1. The van der Waals surface area contributed by atoms with Crippen LogP contribution in [0.5, 0.6) is 5.75 Å². The second-order valence-corrected chi connectivity index (χ2v) is 9.67. The van der Waals surface area contributed by atoms with Crippen molar-refractivity contribution in [3.05, 3.63) is 89.5 Å². The fourth-order valence-electron chi connectivity index (χ4n) is 4.88. The van der Waals surface area contributed by atoms with Gasteiger partial charge < -0.3 is 15.0 Å². The average molecular weight is 528 g/mol. The van der Waals surface area contributed by atoms with Gasteiger partial charge in [0.05, 0.1) is 11.6 Å². The summed E-state index contributed by atoms with van der Waals surface area (Å²) in [5, 5.41) is 8.88. The van der Waals surface area contributed by atoms with Gasteiger partial charge >= 0.3 is 0 Å². The van der Waals surface area contributed by atoms with Gasteiger partial charge in [-0.1, -0.05) is 35.9 Å². The lowest BCUT2D eigenvalue weighted by Crippen LogP contribution is -2.35. The maximum atomic E-state index is 13.0. The molecule has 0 bridgehead atoms. The molecule has 1 saturated heterocycles. The molecule has 192 valence electrons. The van der Waals surface area contributed by atoms with Crippen molar-refractivity contribution in [2.45, 2.75) is 25.3 Å². The van der Waals surface area contributed by atoms with Gasteiger partial charge in [-0.15, -0.1) is 0 Å². The number of nitrogens with one attached hydrogen (secondary N) is 1. The molecule has 0 aliphatic carbocycles. The third-order valence-electron chi connectivity index (χ3n) is 6.79. The van der Waals surface area contributed by atoms with Crippen LogP contribution in [0.3, 0.4) is 0 Å². The van der Waals surface area contributed by atoms with Gasteiger partial charge in [-0.25, -0.2) is 9.97 Å². The zero-order valence-corrected chi connectivity index (χ0v) is 21.4. The van der Waals surface area contributed by atoms with E-state index in [1.807, 2.05) is 54.6 Å². The fraction of sp³-hybridized carbons (Fsp3) is 0.250. The quantitative estimate of drug-likeness (QED) is 0.320. The summed E-state index contributed by atoms with van der Waals surface area (Å²) in [6.45, 7) is 1.85. The highest BCUT2D eigenvalue weighted by molar-refractivity contribution is 6.30. The molecule has 5 aromatic rings. The molecule has 3 aromatic heterocycles. The van der Waals surface area contributed by atoms with Crippen molar-refractivity contribution in [3.63, 3.8) is 0 Å². The van der Waals surface area contributed by atoms with Crippen molar-refractivity contribution in [3.8, 4) is 5.75 Å². The molecule has 1 atom stereocenters. The highest BCUT2D eigenvalue weighted by atomic mass is 35.5. The third-order valence-corrected chi connectivity index (χ3v) is 7.04. The minimum atomic E-state index is -0.234. The van der Waals surface area contributed by atoms with Crippen LogP contribution in [0.4, 0.5) is 5.82 Å². The Morgan fingerprint density at radius 3 is 2.87 bits per heavy atom. The molecule has 1 aliphatic heterocycles. The van der Waals surface area contributed by atoms with Crippen molar-refractivity contribution in [2.24, 2.45) is 0 Å². The van der Waals surface area contributed by atoms with Gasteiger partial charge in [-0.3, -0.25) is 4.79 Å². The molecular weight excluding hydrogens is 502 g/mol. The lowest BCUT2D eigenvalue weighted by Gasteiger charge is -2.26. The van der Waals surface area contributed by atoms with Crippen molar-refractivity contribution in [1.82, 2.24) is 29.9 Å². The van der Waals surface area contributed by atoms with E-state index in [1.165, 1.54) is 6.33 Å². The first kappa shape index (κ1) is 24.1. The Morgan fingerprint density at radius 2 is 1.97 bits per heavy atom. The number of anilines is 1. The molecule has 0 radical (unpaired) electrons. The van der Waals surface area contributed by atoms with Crippen LogP contribution in [0, 0.1) is 0 Å². The van der Waals surface area contributed by atoms with Crippen LogP contribution < -0.4 is 15.0 Å². The molecule has 1 amide bonds. The van der Waals surface area contributed by atoms with E-state index in [2.05, 4.69) is 30.3 Å². The van der Waals surface area contributed by atoms with Gasteiger partial charge in [0.2, 0.25) is 0 Å². The van der Waals surface area contributed by atoms with E-state index in [1.54, 1.807) is 16.8 Å². The molecule has 38 heavy (non-hydrogen) atoms. The van der Waals surface area contributed by atoms with Crippen LogP contribution in [-0.2, 0) is 6.42 Å². The topological polar surface area (TPSA) is 97.5 Å². The molecule has 1 aliphatic rings. The Bertz CT molecular complexity index is 1590. The van der Waals surface area contributed by atoms with Gasteiger partial charge in [0.15, 0.2) is 0 Å². The number of hydrogen-bond donors (Lipinski definition) is 1. The summed E-state index contributed by atoms with van der Waals surface area (Å²) >= 11 is 5.96. The van der Waals surface area contributed by atoms with Gasteiger partial charge in [0, 0.05) is 35.8 Å². The zero-order chi connectivity index (χ0) is 25.9. The second kappa shape index (κ2) is 10.6. The number of para-hydroxylation sites is 1. The largest absolute Gasteiger partial charge is 0.491 e. The maximum absolute atomic E-state index is 13.0. The van der Waals surface area contributed by atoms with Crippen molar-refractivity contribution in [2.75, 3.05) is 24.6 Å². The number of halogens is 1. The van der Waals surface area contributed by atoms with Crippen LogP contribution in [-0.4, -0.2) is 56.2 Å². The first-order valence-corrected chi connectivity index (χ1v) is 13.0. The smallest absolute Gasteiger partial charge is 0.270 e. The van der Waals surface area contributed by atoms with Crippen molar-refractivity contribution >= 4 is 40.0 Å². The average Bonchev–Trinajstić information content (AvgIpc) is 3.62. The molecule has 1 unspecified atom stereocenters. The summed E-state index contributed by atoms with van der Waals surface area (Å²) in [6.07, 6.45) is 6.00. The second-order valence-electron chi connectivity index (χ2n) is 9.23. The number of benzene rings is 2. The van der Waals surface area contributed by atoms with Gasteiger partial charge in [-0.05, 0) is 55.2 Å². The minimum absolute atomic E-state index is 0.147. The number of amides is 1. The van der Waals surface area contributed by atoms with E-state index >= 15 is 0 Å².